The average Bonchev–Trinajstić information content (AvgIpc) is 2.36. The van der Waals surface area contributed by atoms with Gasteiger partial charge < -0.3 is 4.90 Å². The molecule has 1 unspecified atom stereocenters. The lowest BCUT2D eigenvalue weighted by Gasteiger charge is -2.18. The van der Waals surface area contributed by atoms with Crippen LogP contribution in [0.3, 0.4) is 0 Å². The van der Waals surface area contributed by atoms with Crippen LogP contribution in [-0.4, -0.2) is 31.3 Å². The second-order valence-corrected chi connectivity index (χ2v) is 5.53. The molecule has 0 amide bonds. The molecule has 0 aromatic heterocycles. The summed E-state index contributed by atoms with van der Waals surface area (Å²) in [5.41, 5.74) is 2.99. The first-order chi connectivity index (χ1) is 8.95. The third-order valence-electron chi connectivity index (χ3n) is 3.12. The standard InChI is InChI=1S/C16H23ClN2/c1-6-12(2)16(11-19(4)5)18-15-10-8-7-9-14(15)13(3)17/h7-10,12H,3,6,11H2,1-2,4-5H3. The van der Waals surface area contributed by atoms with Gasteiger partial charge in [-0.1, -0.05) is 50.2 Å². The fraction of sp³-hybridized carbons (Fsp3) is 0.438. The van der Waals surface area contributed by atoms with Gasteiger partial charge in [-0.15, -0.1) is 0 Å². The van der Waals surface area contributed by atoms with E-state index in [4.69, 9.17) is 16.6 Å². The normalized spacial score (nSPS) is 13.7. The van der Waals surface area contributed by atoms with Crippen LogP contribution in [-0.2, 0) is 0 Å². The Morgan fingerprint density at radius 1 is 1.37 bits per heavy atom. The fourth-order valence-corrected chi connectivity index (χ4v) is 1.98. The predicted octanol–water partition coefficient (Wildman–Crippen LogP) is 4.58. The van der Waals surface area contributed by atoms with Crippen LogP contribution in [0.1, 0.15) is 25.8 Å². The number of rotatable bonds is 6. The van der Waals surface area contributed by atoms with Gasteiger partial charge in [-0.05, 0) is 32.5 Å². The summed E-state index contributed by atoms with van der Waals surface area (Å²) < 4.78 is 0. The summed E-state index contributed by atoms with van der Waals surface area (Å²) in [7, 11) is 4.12. The first-order valence-corrected chi connectivity index (χ1v) is 6.99. The Labute approximate surface area is 121 Å². The topological polar surface area (TPSA) is 15.6 Å². The summed E-state index contributed by atoms with van der Waals surface area (Å²) in [6, 6.07) is 7.88. The van der Waals surface area contributed by atoms with Gasteiger partial charge in [0.05, 0.1) is 5.69 Å². The van der Waals surface area contributed by atoms with Gasteiger partial charge >= 0.3 is 0 Å². The summed E-state index contributed by atoms with van der Waals surface area (Å²) in [5.74, 6) is 0.457. The highest BCUT2D eigenvalue weighted by Crippen LogP contribution is 2.28. The molecule has 1 atom stereocenters. The van der Waals surface area contributed by atoms with Crippen LogP contribution >= 0.6 is 11.6 Å². The van der Waals surface area contributed by atoms with Gasteiger partial charge in [0.25, 0.3) is 0 Å². The molecule has 0 fully saturated rings. The van der Waals surface area contributed by atoms with Crippen LogP contribution in [0.15, 0.2) is 35.8 Å². The van der Waals surface area contributed by atoms with Crippen molar-refractivity contribution in [3.05, 3.63) is 36.4 Å². The highest BCUT2D eigenvalue weighted by Gasteiger charge is 2.11. The minimum absolute atomic E-state index is 0.457. The number of hydrogen-bond donors (Lipinski definition) is 0. The number of halogens is 1. The Hall–Kier alpha value is -1.12. The van der Waals surface area contributed by atoms with E-state index in [0.717, 1.165) is 24.2 Å². The van der Waals surface area contributed by atoms with Crippen LogP contribution in [0.5, 0.6) is 0 Å². The number of nitrogens with zero attached hydrogens (tertiary/aromatic N) is 2. The molecule has 0 heterocycles. The molecular formula is C16H23ClN2. The Kier molecular flexibility index (Phi) is 6.26. The van der Waals surface area contributed by atoms with Gasteiger partial charge in [0.1, 0.15) is 0 Å². The van der Waals surface area contributed by atoms with E-state index in [0.29, 0.717) is 11.0 Å². The highest BCUT2D eigenvalue weighted by atomic mass is 35.5. The van der Waals surface area contributed by atoms with Gasteiger partial charge in [0.2, 0.25) is 0 Å². The molecule has 19 heavy (non-hydrogen) atoms. The van der Waals surface area contributed by atoms with Gasteiger partial charge in [0.15, 0.2) is 0 Å². The summed E-state index contributed by atoms with van der Waals surface area (Å²) in [6.07, 6.45) is 1.08. The quantitative estimate of drug-likeness (QED) is 0.696. The Bertz CT molecular complexity index is 464. The molecule has 0 radical (unpaired) electrons. The largest absolute Gasteiger partial charge is 0.304 e. The fourth-order valence-electron chi connectivity index (χ4n) is 1.82. The number of benzene rings is 1. The Morgan fingerprint density at radius 2 is 2.00 bits per heavy atom. The minimum atomic E-state index is 0.457. The van der Waals surface area contributed by atoms with Crippen molar-refractivity contribution in [2.45, 2.75) is 20.3 Å². The maximum Gasteiger partial charge on any atom is 0.0716 e. The molecule has 0 saturated carbocycles. The molecular weight excluding hydrogens is 256 g/mol. The Balaban J connectivity index is 3.17. The minimum Gasteiger partial charge on any atom is -0.304 e. The lowest BCUT2D eigenvalue weighted by atomic mass is 10.0. The van der Waals surface area contributed by atoms with Crippen LogP contribution in [0, 0.1) is 5.92 Å². The zero-order valence-electron chi connectivity index (χ0n) is 12.3. The van der Waals surface area contributed by atoms with E-state index in [1.807, 2.05) is 24.3 Å². The second kappa shape index (κ2) is 7.46. The third-order valence-corrected chi connectivity index (χ3v) is 3.32. The van der Waals surface area contributed by atoms with Crippen LogP contribution in [0.2, 0.25) is 0 Å². The zero-order chi connectivity index (χ0) is 14.4. The first kappa shape index (κ1) is 15.9. The van der Waals surface area contributed by atoms with E-state index in [-0.39, 0.29) is 0 Å². The molecule has 0 spiro atoms. The molecule has 104 valence electrons. The van der Waals surface area contributed by atoms with Crippen molar-refractivity contribution in [1.29, 1.82) is 0 Å². The second-order valence-electron chi connectivity index (χ2n) is 5.07. The lowest BCUT2D eigenvalue weighted by Crippen LogP contribution is -2.26. The van der Waals surface area contributed by atoms with Crippen molar-refractivity contribution in [1.82, 2.24) is 4.90 Å². The van der Waals surface area contributed by atoms with Crippen LogP contribution < -0.4 is 0 Å². The van der Waals surface area contributed by atoms with Crippen molar-refractivity contribution in [3.63, 3.8) is 0 Å². The Morgan fingerprint density at radius 3 is 2.53 bits per heavy atom. The van der Waals surface area contributed by atoms with E-state index in [9.17, 15) is 0 Å². The summed E-state index contributed by atoms with van der Waals surface area (Å²) >= 11 is 6.04. The van der Waals surface area contributed by atoms with E-state index in [2.05, 4.69) is 39.4 Å². The lowest BCUT2D eigenvalue weighted by molar-refractivity contribution is 0.460. The van der Waals surface area contributed by atoms with E-state index >= 15 is 0 Å². The molecule has 1 aromatic carbocycles. The molecule has 0 bridgehead atoms. The van der Waals surface area contributed by atoms with E-state index < -0.39 is 0 Å². The summed E-state index contributed by atoms with van der Waals surface area (Å²) in [4.78, 5) is 6.96. The molecule has 0 aliphatic carbocycles. The average molecular weight is 279 g/mol. The van der Waals surface area contributed by atoms with E-state index in [1.165, 1.54) is 5.71 Å². The summed E-state index contributed by atoms with van der Waals surface area (Å²) in [5, 5.41) is 0.535. The van der Waals surface area contributed by atoms with Gasteiger partial charge in [-0.3, -0.25) is 4.99 Å². The number of hydrogen-bond acceptors (Lipinski definition) is 2. The van der Waals surface area contributed by atoms with E-state index in [1.54, 1.807) is 0 Å². The monoisotopic (exact) mass is 278 g/mol. The number of aliphatic imine (C=N–C) groups is 1. The molecule has 2 nitrogen and oxygen atoms in total. The molecule has 0 aliphatic rings. The smallest absolute Gasteiger partial charge is 0.0716 e. The number of para-hydroxylation sites is 1. The molecule has 1 rings (SSSR count). The highest BCUT2D eigenvalue weighted by molar-refractivity contribution is 6.48. The van der Waals surface area contributed by atoms with Gasteiger partial charge in [-0.2, -0.15) is 0 Å². The maximum atomic E-state index is 6.04. The maximum absolute atomic E-state index is 6.04. The molecule has 3 heteroatoms. The molecule has 0 N–H and O–H groups in total. The summed E-state index contributed by atoms with van der Waals surface area (Å²) in [6.45, 7) is 9.06. The zero-order valence-corrected chi connectivity index (χ0v) is 13.0. The molecule has 1 aromatic rings. The van der Waals surface area contributed by atoms with Gasteiger partial charge in [0, 0.05) is 22.9 Å². The first-order valence-electron chi connectivity index (χ1n) is 6.61. The van der Waals surface area contributed by atoms with Crippen molar-refractivity contribution in [2.24, 2.45) is 10.9 Å². The van der Waals surface area contributed by atoms with Crippen molar-refractivity contribution in [2.75, 3.05) is 20.6 Å². The third kappa shape index (κ3) is 4.81. The van der Waals surface area contributed by atoms with Gasteiger partial charge in [-0.25, -0.2) is 0 Å². The van der Waals surface area contributed by atoms with Crippen molar-refractivity contribution >= 4 is 28.0 Å². The van der Waals surface area contributed by atoms with Crippen molar-refractivity contribution < 1.29 is 0 Å². The SMILES string of the molecule is C=C(Cl)c1ccccc1N=C(CN(C)C)C(C)CC. The van der Waals surface area contributed by atoms with Crippen LogP contribution in [0.25, 0.3) is 5.03 Å². The molecule has 0 aliphatic heterocycles. The predicted molar refractivity (Wildman–Crippen MR) is 86.4 cm³/mol. The van der Waals surface area contributed by atoms with Crippen LogP contribution in [0.4, 0.5) is 5.69 Å². The van der Waals surface area contributed by atoms with Crippen molar-refractivity contribution in [3.8, 4) is 0 Å². The molecule has 0 saturated heterocycles.